The molecule has 0 bridgehead atoms. The van der Waals surface area contributed by atoms with E-state index in [0.717, 1.165) is 69.4 Å². The standard InChI is InChI=1S/C26H30N6O4/c33-32(34)23-5-2-10-27-26(23)30-11-8-21(9-12-30)3-1-4-22-6-7-24(29-13-17-35-18-14-29)28-25(22)31-15-19-36-20-16-31/h2-3,5-7,10H,8-9,11-20H2. The van der Waals surface area contributed by atoms with Gasteiger partial charge in [0.2, 0.25) is 5.82 Å². The second-order valence-electron chi connectivity index (χ2n) is 8.90. The number of pyridine rings is 2. The van der Waals surface area contributed by atoms with Crippen LogP contribution in [-0.4, -0.2) is 80.6 Å². The van der Waals surface area contributed by atoms with Gasteiger partial charge in [0, 0.05) is 51.5 Å². The molecule has 3 saturated heterocycles. The van der Waals surface area contributed by atoms with Gasteiger partial charge in [-0.2, -0.15) is 0 Å². The van der Waals surface area contributed by atoms with Crippen LogP contribution in [0.2, 0.25) is 0 Å². The lowest BCUT2D eigenvalue weighted by molar-refractivity contribution is -0.384. The largest absolute Gasteiger partial charge is 0.378 e. The molecule has 0 atom stereocenters. The Labute approximate surface area is 210 Å². The first-order valence-electron chi connectivity index (χ1n) is 12.4. The molecule has 2 aromatic rings. The van der Waals surface area contributed by atoms with Crippen molar-refractivity contribution < 1.29 is 14.4 Å². The summed E-state index contributed by atoms with van der Waals surface area (Å²) in [7, 11) is 0. The SMILES string of the molecule is O=[N+]([O-])c1cccnc1N1CCC(=CC#Cc2ccc(N3CCOCC3)nc2N2CCOCC2)CC1. The molecule has 2 aromatic heterocycles. The van der Waals surface area contributed by atoms with Gasteiger partial charge in [0.15, 0.2) is 0 Å². The molecule has 0 radical (unpaired) electrons. The average molecular weight is 491 g/mol. The Kier molecular flexibility index (Phi) is 7.59. The summed E-state index contributed by atoms with van der Waals surface area (Å²) in [6.07, 6.45) is 5.19. The molecule has 0 saturated carbocycles. The van der Waals surface area contributed by atoms with E-state index in [9.17, 15) is 10.1 Å². The highest BCUT2D eigenvalue weighted by molar-refractivity contribution is 5.61. The number of hydrogen-bond donors (Lipinski definition) is 0. The summed E-state index contributed by atoms with van der Waals surface area (Å²) in [5, 5.41) is 11.3. The molecule has 0 aromatic carbocycles. The van der Waals surface area contributed by atoms with Crippen LogP contribution < -0.4 is 14.7 Å². The number of nitrogens with zero attached hydrogens (tertiary/aromatic N) is 6. The first-order valence-corrected chi connectivity index (χ1v) is 12.4. The zero-order valence-corrected chi connectivity index (χ0v) is 20.3. The summed E-state index contributed by atoms with van der Waals surface area (Å²) >= 11 is 0. The Morgan fingerprint density at radius 3 is 2.25 bits per heavy atom. The van der Waals surface area contributed by atoms with Crippen molar-refractivity contribution in [3.63, 3.8) is 0 Å². The summed E-state index contributed by atoms with van der Waals surface area (Å²) in [5.41, 5.74) is 2.20. The maximum Gasteiger partial charge on any atom is 0.311 e. The van der Waals surface area contributed by atoms with Crippen molar-refractivity contribution in [2.24, 2.45) is 0 Å². The Morgan fingerprint density at radius 2 is 1.56 bits per heavy atom. The summed E-state index contributed by atoms with van der Waals surface area (Å²) < 4.78 is 11.0. The van der Waals surface area contributed by atoms with Crippen LogP contribution >= 0.6 is 0 Å². The molecule has 0 spiro atoms. The van der Waals surface area contributed by atoms with Crippen LogP contribution in [0, 0.1) is 22.0 Å². The van der Waals surface area contributed by atoms with E-state index >= 15 is 0 Å². The van der Waals surface area contributed by atoms with Crippen molar-refractivity contribution in [3.05, 3.63) is 57.8 Å². The Bertz CT molecular complexity index is 1170. The summed E-state index contributed by atoms with van der Waals surface area (Å²) in [6, 6.07) is 7.21. The first-order chi connectivity index (χ1) is 17.7. The van der Waals surface area contributed by atoms with Crippen LogP contribution in [0.1, 0.15) is 18.4 Å². The van der Waals surface area contributed by atoms with Gasteiger partial charge in [-0.3, -0.25) is 10.1 Å². The summed E-state index contributed by atoms with van der Waals surface area (Å²) in [4.78, 5) is 26.7. The van der Waals surface area contributed by atoms with E-state index in [2.05, 4.69) is 32.7 Å². The van der Waals surface area contributed by atoms with E-state index in [-0.39, 0.29) is 10.6 Å². The van der Waals surface area contributed by atoms with E-state index in [1.807, 2.05) is 17.0 Å². The number of rotatable bonds is 4. The van der Waals surface area contributed by atoms with E-state index in [0.29, 0.717) is 32.1 Å². The molecule has 3 aliphatic rings. The highest BCUT2D eigenvalue weighted by Crippen LogP contribution is 2.29. The van der Waals surface area contributed by atoms with Crippen LogP contribution in [0.15, 0.2) is 42.1 Å². The van der Waals surface area contributed by atoms with Gasteiger partial charge in [0.1, 0.15) is 11.6 Å². The quantitative estimate of drug-likeness (QED) is 0.364. The van der Waals surface area contributed by atoms with Gasteiger partial charge in [-0.15, -0.1) is 0 Å². The van der Waals surface area contributed by atoms with E-state index in [1.165, 1.54) is 11.6 Å². The number of allylic oxidation sites excluding steroid dienone is 1. The van der Waals surface area contributed by atoms with Crippen molar-refractivity contribution in [1.82, 2.24) is 9.97 Å². The predicted molar refractivity (Wildman–Crippen MR) is 138 cm³/mol. The topological polar surface area (TPSA) is 97.1 Å². The fourth-order valence-electron chi connectivity index (χ4n) is 4.66. The number of anilines is 3. The number of piperidine rings is 1. The molecule has 36 heavy (non-hydrogen) atoms. The van der Waals surface area contributed by atoms with Gasteiger partial charge < -0.3 is 24.2 Å². The smallest absolute Gasteiger partial charge is 0.311 e. The summed E-state index contributed by atoms with van der Waals surface area (Å²) in [5.74, 6) is 8.88. The van der Waals surface area contributed by atoms with Crippen LogP contribution in [0.3, 0.4) is 0 Å². The highest BCUT2D eigenvalue weighted by Gasteiger charge is 2.23. The molecule has 10 heteroatoms. The molecule has 3 aliphatic heterocycles. The van der Waals surface area contributed by atoms with Gasteiger partial charge in [0.25, 0.3) is 0 Å². The van der Waals surface area contributed by atoms with Crippen molar-refractivity contribution in [1.29, 1.82) is 0 Å². The minimum atomic E-state index is -0.371. The number of aromatic nitrogens is 2. The zero-order valence-electron chi connectivity index (χ0n) is 20.3. The van der Waals surface area contributed by atoms with Crippen LogP contribution in [0.4, 0.5) is 23.1 Å². The van der Waals surface area contributed by atoms with Crippen molar-refractivity contribution in [2.75, 3.05) is 80.4 Å². The van der Waals surface area contributed by atoms with Crippen LogP contribution in [0.5, 0.6) is 0 Å². The average Bonchev–Trinajstić information content (AvgIpc) is 2.94. The summed E-state index contributed by atoms with van der Waals surface area (Å²) in [6.45, 7) is 7.44. The molecule has 0 unspecified atom stereocenters. The maximum atomic E-state index is 11.3. The predicted octanol–water partition coefficient (Wildman–Crippen LogP) is 2.64. The van der Waals surface area contributed by atoms with Crippen molar-refractivity contribution in [3.8, 4) is 11.8 Å². The minimum absolute atomic E-state index is 0.0494. The molecule has 5 heterocycles. The normalized spacial score (nSPS) is 18.4. The van der Waals surface area contributed by atoms with Gasteiger partial charge in [-0.05, 0) is 37.1 Å². The Morgan fingerprint density at radius 1 is 0.889 bits per heavy atom. The van der Waals surface area contributed by atoms with Gasteiger partial charge in [-0.1, -0.05) is 17.4 Å². The lowest BCUT2D eigenvalue weighted by Gasteiger charge is -2.31. The molecule has 0 amide bonds. The van der Waals surface area contributed by atoms with Crippen LogP contribution in [0.25, 0.3) is 0 Å². The van der Waals surface area contributed by atoms with Crippen molar-refractivity contribution >= 4 is 23.1 Å². The number of morpholine rings is 2. The number of hydrogen-bond acceptors (Lipinski definition) is 9. The molecule has 3 fully saturated rings. The van der Waals surface area contributed by atoms with E-state index < -0.39 is 0 Å². The van der Waals surface area contributed by atoms with E-state index in [4.69, 9.17) is 14.5 Å². The third kappa shape index (κ3) is 5.58. The molecule has 5 rings (SSSR count). The van der Waals surface area contributed by atoms with E-state index in [1.54, 1.807) is 12.3 Å². The first kappa shape index (κ1) is 24.0. The second-order valence-corrected chi connectivity index (χ2v) is 8.90. The maximum absolute atomic E-state index is 11.3. The highest BCUT2D eigenvalue weighted by atomic mass is 16.6. The third-order valence-corrected chi connectivity index (χ3v) is 6.66. The lowest BCUT2D eigenvalue weighted by atomic mass is 10.0. The molecular weight excluding hydrogens is 460 g/mol. The fourth-order valence-corrected chi connectivity index (χ4v) is 4.66. The van der Waals surface area contributed by atoms with Gasteiger partial charge in [0.05, 0.1) is 36.9 Å². The fraction of sp³-hybridized carbons (Fsp3) is 0.462. The Hall–Kier alpha value is -3.68. The van der Waals surface area contributed by atoms with Crippen molar-refractivity contribution in [2.45, 2.75) is 12.8 Å². The second kappa shape index (κ2) is 11.4. The number of nitro groups is 1. The molecule has 0 aliphatic carbocycles. The van der Waals surface area contributed by atoms with Crippen LogP contribution in [-0.2, 0) is 9.47 Å². The molecule has 10 nitrogen and oxygen atoms in total. The molecular formula is C26H30N6O4. The monoisotopic (exact) mass is 490 g/mol. The molecule has 0 N–H and O–H groups in total. The van der Waals surface area contributed by atoms with Gasteiger partial charge in [-0.25, -0.2) is 9.97 Å². The zero-order chi connectivity index (χ0) is 24.7. The molecule has 188 valence electrons. The lowest BCUT2D eigenvalue weighted by Crippen LogP contribution is -2.39. The van der Waals surface area contributed by atoms with Gasteiger partial charge >= 0.3 is 5.69 Å². The third-order valence-electron chi connectivity index (χ3n) is 6.66. The Balaban J connectivity index is 1.30. The minimum Gasteiger partial charge on any atom is -0.378 e. The number of ether oxygens (including phenoxy) is 2.